The van der Waals surface area contributed by atoms with E-state index in [0.717, 1.165) is 0 Å². The van der Waals surface area contributed by atoms with E-state index in [9.17, 15) is 23.6 Å². The summed E-state index contributed by atoms with van der Waals surface area (Å²) in [6, 6.07) is 4.13. The van der Waals surface area contributed by atoms with E-state index in [0.29, 0.717) is 16.7 Å². The number of hydrogen-bond acceptors (Lipinski definition) is 4. The smallest absolute Gasteiger partial charge is 0.255 e. The fraction of sp³-hybridized carbons (Fsp3) is 0.412. The molecule has 0 aliphatic carbocycles. The van der Waals surface area contributed by atoms with Gasteiger partial charge in [-0.2, -0.15) is 0 Å². The molecule has 0 radical (unpaired) electrons. The van der Waals surface area contributed by atoms with Crippen molar-refractivity contribution >= 4 is 23.6 Å². The van der Waals surface area contributed by atoms with Crippen LogP contribution < -0.4 is 5.32 Å². The van der Waals surface area contributed by atoms with Crippen molar-refractivity contribution in [1.82, 2.24) is 15.1 Å². The number of carbonyl (C=O) groups is 4. The highest BCUT2D eigenvalue weighted by atomic mass is 19.1. The number of halogens is 1. The van der Waals surface area contributed by atoms with E-state index >= 15 is 0 Å². The normalized spacial score (nSPS) is 23.4. The molecule has 7 nitrogen and oxygen atoms in total. The topological polar surface area (TPSA) is 86.8 Å². The van der Waals surface area contributed by atoms with E-state index in [1.165, 1.54) is 9.80 Å². The minimum absolute atomic E-state index is 0.0628. The molecular formula is C17H16FN3O4. The molecule has 1 aromatic rings. The largest absolute Gasteiger partial charge is 0.333 e. The predicted octanol–water partition coefficient (Wildman–Crippen LogP) is 0.242. The molecule has 2 saturated heterocycles. The Balaban J connectivity index is 1.61. The van der Waals surface area contributed by atoms with E-state index in [2.05, 4.69) is 5.32 Å². The molecule has 3 aliphatic rings. The van der Waals surface area contributed by atoms with Gasteiger partial charge in [0.2, 0.25) is 11.8 Å². The quantitative estimate of drug-likeness (QED) is 0.778. The summed E-state index contributed by atoms with van der Waals surface area (Å²) in [5.74, 6) is -1.47. The Morgan fingerprint density at radius 1 is 1.20 bits per heavy atom. The molecule has 1 atom stereocenters. The van der Waals surface area contributed by atoms with Crippen molar-refractivity contribution in [3.05, 3.63) is 34.9 Å². The van der Waals surface area contributed by atoms with Gasteiger partial charge in [-0.1, -0.05) is 6.07 Å². The van der Waals surface area contributed by atoms with Crippen molar-refractivity contribution in [2.24, 2.45) is 0 Å². The maximum absolute atomic E-state index is 13.0. The average molecular weight is 345 g/mol. The molecule has 1 unspecified atom stereocenters. The van der Waals surface area contributed by atoms with Gasteiger partial charge >= 0.3 is 0 Å². The molecular weight excluding hydrogens is 329 g/mol. The number of carbonyl (C=O) groups excluding carboxylic acids is 4. The second kappa shape index (κ2) is 5.65. The first-order valence-corrected chi connectivity index (χ1v) is 8.15. The van der Waals surface area contributed by atoms with E-state index in [1.54, 1.807) is 18.2 Å². The lowest BCUT2D eigenvalue weighted by atomic mass is 10.0. The number of fused-ring (bicyclic) bond motifs is 1. The zero-order valence-electron chi connectivity index (χ0n) is 13.3. The number of nitrogens with zero attached hydrogens (tertiary/aromatic N) is 2. The van der Waals surface area contributed by atoms with Gasteiger partial charge in [-0.15, -0.1) is 0 Å². The van der Waals surface area contributed by atoms with E-state index in [4.69, 9.17) is 0 Å². The highest BCUT2D eigenvalue weighted by Gasteiger charge is 2.41. The molecule has 0 bridgehead atoms. The average Bonchev–Trinajstić information content (AvgIpc) is 2.88. The molecule has 4 amide bonds. The van der Waals surface area contributed by atoms with Gasteiger partial charge in [-0.25, -0.2) is 4.39 Å². The van der Waals surface area contributed by atoms with Crippen molar-refractivity contribution in [3.8, 4) is 0 Å². The third kappa shape index (κ3) is 2.48. The van der Waals surface area contributed by atoms with Crippen molar-refractivity contribution in [3.63, 3.8) is 0 Å². The van der Waals surface area contributed by atoms with E-state index in [1.807, 2.05) is 0 Å². The van der Waals surface area contributed by atoms with Gasteiger partial charge in [-0.05, 0) is 24.1 Å². The Kier molecular flexibility index (Phi) is 3.55. The zero-order valence-corrected chi connectivity index (χ0v) is 13.3. The lowest BCUT2D eigenvalue weighted by Crippen LogP contribution is -2.52. The SMILES string of the molecule is O=C1CCC(N2Cc3c(C(=O)N4CC(F)C4)cccc3C2=O)C(=O)N1. The summed E-state index contributed by atoms with van der Waals surface area (Å²) in [5.41, 5.74) is 1.31. The molecule has 25 heavy (non-hydrogen) atoms. The molecule has 4 rings (SSSR count). The zero-order chi connectivity index (χ0) is 17.7. The first-order chi connectivity index (χ1) is 12.0. The Hall–Kier alpha value is -2.77. The number of likely N-dealkylation sites (tertiary alicyclic amines) is 1. The van der Waals surface area contributed by atoms with Crippen LogP contribution in [0.5, 0.6) is 0 Å². The number of nitrogens with one attached hydrogen (secondary N) is 1. The molecule has 1 aromatic carbocycles. The van der Waals surface area contributed by atoms with Crippen LogP contribution in [0.15, 0.2) is 18.2 Å². The Morgan fingerprint density at radius 2 is 1.96 bits per heavy atom. The van der Waals surface area contributed by atoms with Crippen molar-refractivity contribution in [2.75, 3.05) is 13.1 Å². The fourth-order valence-electron chi connectivity index (χ4n) is 3.55. The number of piperidine rings is 1. The summed E-state index contributed by atoms with van der Waals surface area (Å²) in [5, 5.41) is 2.24. The summed E-state index contributed by atoms with van der Waals surface area (Å²) in [6.07, 6.45) is -0.556. The summed E-state index contributed by atoms with van der Waals surface area (Å²) < 4.78 is 13.0. The predicted molar refractivity (Wildman–Crippen MR) is 83.3 cm³/mol. The summed E-state index contributed by atoms with van der Waals surface area (Å²) >= 11 is 0. The Bertz CT molecular complexity index is 803. The number of benzene rings is 1. The molecule has 0 spiro atoms. The number of imide groups is 1. The molecule has 3 heterocycles. The number of amides is 4. The van der Waals surface area contributed by atoms with Gasteiger partial charge in [-0.3, -0.25) is 24.5 Å². The van der Waals surface area contributed by atoms with Gasteiger partial charge in [0, 0.05) is 24.1 Å². The van der Waals surface area contributed by atoms with Crippen LogP contribution in [0.3, 0.4) is 0 Å². The van der Waals surface area contributed by atoms with Gasteiger partial charge in [0.05, 0.1) is 13.1 Å². The lowest BCUT2D eigenvalue weighted by Gasteiger charge is -2.34. The second-order valence-electron chi connectivity index (χ2n) is 6.54. The maximum atomic E-state index is 13.0. The van der Waals surface area contributed by atoms with Crippen LogP contribution in [0.25, 0.3) is 0 Å². The molecule has 2 fully saturated rings. The Morgan fingerprint density at radius 3 is 2.64 bits per heavy atom. The van der Waals surface area contributed by atoms with E-state index in [-0.39, 0.29) is 50.2 Å². The van der Waals surface area contributed by atoms with Crippen LogP contribution in [-0.2, 0) is 16.1 Å². The Labute approximate surface area is 142 Å². The van der Waals surface area contributed by atoms with Gasteiger partial charge < -0.3 is 9.80 Å². The van der Waals surface area contributed by atoms with Crippen LogP contribution in [0.1, 0.15) is 39.1 Å². The number of hydrogen-bond donors (Lipinski definition) is 1. The van der Waals surface area contributed by atoms with Crippen LogP contribution in [-0.4, -0.2) is 58.7 Å². The fourth-order valence-corrected chi connectivity index (χ4v) is 3.55. The second-order valence-corrected chi connectivity index (χ2v) is 6.54. The van der Waals surface area contributed by atoms with Crippen molar-refractivity contribution in [1.29, 1.82) is 0 Å². The third-order valence-electron chi connectivity index (χ3n) is 4.94. The first kappa shape index (κ1) is 15.7. The van der Waals surface area contributed by atoms with Crippen LogP contribution in [0, 0.1) is 0 Å². The standard InChI is InChI=1S/C17H16FN3O4/c18-9-6-20(7-9)16(24)10-2-1-3-11-12(10)8-21(17(11)25)13-4-5-14(22)19-15(13)23/h1-3,9,13H,4-8H2,(H,19,22,23). The lowest BCUT2D eigenvalue weighted by molar-refractivity contribution is -0.136. The first-order valence-electron chi connectivity index (χ1n) is 8.15. The highest BCUT2D eigenvalue weighted by molar-refractivity contribution is 6.07. The molecule has 1 N–H and O–H groups in total. The molecule has 0 aromatic heterocycles. The minimum Gasteiger partial charge on any atom is -0.333 e. The molecule has 0 saturated carbocycles. The van der Waals surface area contributed by atoms with Crippen molar-refractivity contribution in [2.45, 2.75) is 31.6 Å². The summed E-state index contributed by atoms with van der Waals surface area (Å²) in [6.45, 7) is 0.260. The molecule has 130 valence electrons. The van der Waals surface area contributed by atoms with Gasteiger partial charge in [0.1, 0.15) is 12.2 Å². The third-order valence-corrected chi connectivity index (χ3v) is 4.94. The summed E-state index contributed by atoms with van der Waals surface area (Å²) in [7, 11) is 0. The van der Waals surface area contributed by atoms with Crippen molar-refractivity contribution < 1.29 is 23.6 Å². The van der Waals surface area contributed by atoms with E-state index < -0.39 is 18.1 Å². The monoisotopic (exact) mass is 345 g/mol. The van der Waals surface area contributed by atoms with Crippen LogP contribution >= 0.6 is 0 Å². The van der Waals surface area contributed by atoms with Gasteiger partial charge in [0.25, 0.3) is 11.8 Å². The minimum atomic E-state index is -0.998. The van der Waals surface area contributed by atoms with Crippen LogP contribution in [0.2, 0.25) is 0 Å². The number of alkyl halides is 1. The molecule has 3 aliphatic heterocycles. The van der Waals surface area contributed by atoms with Gasteiger partial charge in [0.15, 0.2) is 0 Å². The van der Waals surface area contributed by atoms with Crippen LogP contribution in [0.4, 0.5) is 4.39 Å². The summed E-state index contributed by atoms with van der Waals surface area (Å²) in [4.78, 5) is 51.4. The highest BCUT2D eigenvalue weighted by Crippen LogP contribution is 2.31. The number of rotatable bonds is 2. The molecule has 8 heteroatoms. The maximum Gasteiger partial charge on any atom is 0.255 e.